The van der Waals surface area contributed by atoms with Gasteiger partial charge in [-0.2, -0.15) is 4.31 Å². The number of nitrogens with zero attached hydrogens (tertiary/aromatic N) is 1. The molecule has 3 rings (SSSR count). The van der Waals surface area contributed by atoms with Crippen molar-refractivity contribution >= 4 is 16.0 Å². The standard InChI is InChI=1S/C16H21NO4S/c1-11-5-2-3-8-17(11)22(20,21)15-10-13(16(18)19)9-12-6-4-7-14(12)15/h9-11H,2-8H2,1H3,(H,18,19). The van der Waals surface area contributed by atoms with E-state index in [9.17, 15) is 18.3 Å². The first kappa shape index (κ1) is 15.5. The molecule has 1 aromatic rings. The third-order valence-corrected chi connectivity index (χ3v) is 6.83. The van der Waals surface area contributed by atoms with Crippen LogP contribution in [0.3, 0.4) is 0 Å². The number of carbonyl (C=O) groups is 1. The maximum Gasteiger partial charge on any atom is 0.335 e. The topological polar surface area (TPSA) is 74.7 Å². The molecule has 0 bridgehead atoms. The number of aromatic carboxylic acids is 1. The van der Waals surface area contributed by atoms with Crippen molar-refractivity contribution < 1.29 is 18.3 Å². The Morgan fingerprint density at radius 1 is 1.23 bits per heavy atom. The molecule has 0 radical (unpaired) electrons. The van der Waals surface area contributed by atoms with Gasteiger partial charge in [-0.1, -0.05) is 6.42 Å². The van der Waals surface area contributed by atoms with Crippen LogP contribution in [0.5, 0.6) is 0 Å². The average Bonchev–Trinajstić information content (AvgIpc) is 2.94. The Morgan fingerprint density at radius 3 is 2.68 bits per heavy atom. The summed E-state index contributed by atoms with van der Waals surface area (Å²) in [6.07, 6.45) is 5.13. The van der Waals surface area contributed by atoms with E-state index in [1.807, 2.05) is 6.92 Å². The van der Waals surface area contributed by atoms with Gasteiger partial charge in [-0.25, -0.2) is 13.2 Å². The van der Waals surface area contributed by atoms with Gasteiger partial charge >= 0.3 is 5.97 Å². The summed E-state index contributed by atoms with van der Waals surface area (Å²) in [5, 5.41) is 9.26. The van der Waals surface area contributed by atoms with Gasteiger partial charge in [0.1, 0.15) is 0 Å². The zero-order valence-electron chi connectivity index (χ0n) is 12.7. The van der Waals surface area contributed by atoms with Crippen molar-refractivity contribution in [1.82, 2.24) is 4.31 Å². The van der Waals surface area contributed by atoms with Crippen LogP contribution in [0.1, 0.15) is 54.1 Å². The maximum absolute atomic E-state index is 13.1. The Balaban J connectivity index is 2.12. The van der Waals surface area contributed by atoms with Crippen molar-refractivity contribution in [1.29, 1.82) is 0 Å². The van der Waals surface area contributed by atoms with Gasteiger partial charge < -0.3 is 5.11 Å². The van der Waals surface area contributed by atoms with E-state index in [4.69, 9.17) is 0 Å². The number of hydrogen-bond acceptors (Lipinski definition) is 3. The Morgan fingerprint density at radius 2 is 2.00 bits per heavy atom. The van der Waals surface area contributed by atoms with Gasteiger partial charge in [0.15, 0.2) is 0 Å². The number of rotatable bonds is 3. The quantitative estimate of drug-likeness (QED) is 0.927. The van der Waals surface area contributed by atoms with E-state index < -0.39 is 16.0 Å². The van der Waals surface area contributed by atoms with E-state index in [1.54, 1.807) is 10.4 Å². The summed E-state index contributed by atoms with van der Waals surface area (Å²) in [5.74, 6) is -1.07. The number of carboxylic acids is 1. The molecule has 2 aliphatic rings. The van der Waals surface area contributed by atoms with Crippen molar-refractivity contribution in [3.63, 3.8) is 0 Å². The molecule has 0 aromatic heterocycles. The van der Waals surface area contributed by atoms with Crippen LogP contribution < -0.4 is 0 Å². The first-order chi connectivity index (χ1) is 10.4. The third kappa shape index (κ3) is 2.54. The average molecular weight is 323 g/mol. The van der Waals surface area contributed by atoms with Gasteiger partial charge in [-0.05, 0) is 62.3 Å². The summed E-state index contributed by atoms with van der Waals surface area (Å²) in [7, 11) is -3.62. The largest absolute Gasteiger partial charge is 0.478 e. The number of fused-ring (bicyclic) bond motifs is 1. The van der Waals surface area contributed by atoms with Crippen LogP contribution in [0.2, 0.25) is 0 Å². The fourth-order valence-electron chi connectivity index (χ4n) is 3.57. The second-order valence-corrected chi connectivity index (χ2v) is 8.09. The molecule has 1 unspecified atom stereocenters. The van der Waals surface area contributed by atoms with Crippen LogP contribution in [0, 0.1) is 0 Å². The van der Waals surface area contributed by atoms with E-state index in [0.717, 1.165) is 43.2 Å². The van der Waals surface area contributed by atoms with Crippen LogP contribution in [-0.2, 0) is 22.9 Å². The van der Waals surface area contributed by atoms with Gasteiger partial charge in [0.25, 0.3) is 0 Å². The normalized spacial score (nSPS) is 22.5. The predicted octanol–water partition coefficient (Wildman–Crippen LogP) is 2.44. The van der Waals surface area contributed by atoms with E-state index >= 15 is 0 Å². The molecule has 5 nitrogen and oxygen atoms in total. The lowest BCUT2D eigenvalue weighted by Gasteiger charge is -2.33. The lowest BCUT2D eigenvalue weighted by molar-refractivity contribution is 0.0696. The highest BCUT2D eigenvalue weighted by molar-refractivity contribution is 7.89. The third-order valence-electron chi connectivity index (χ3n) is 4.75. The van der Waals surface area contributed by atoms with Gasteiger partial charge in [0, 0.05) is 12.6 Å². The fraction of sp³-hybridized carbons (Fsp3) is 0.562. The molecule has 1 aliphatic carbocycles. The number of benzene rings is 1. The fourth-order valence-corrected chi connectivity index (χ4v) is 5.60. The molecular formula is C16H21NO4S. The Hall–Kier alpha value is -1.40. The monoisotopic (exact) mass is 323 g/mol. The molecule has 0 amide bonds. The van der Waals surface area contributed by atoms with E-state index in [2.05, 4.69) is 0 Å². The summed E-state index contributed by atoms with van der Waals surface area (Å²) in [6, 6.07) is 2.95. The number of carboxylic acid groups (broad SMARTS) is 1. The second-order valence-electron chi connectivity index (χ2n) is 6.23. The minimum absolute atomic E-state index is 0.0238. The van der Waals surface area contributed by atoms with Crippen LogP contribution in [0.4, 0.5) is 0 Å². The number of aryl methyl sites for hydroxylation is 1. The maximum atomic E-state index is 13.1. The predicted molar refractivity (Wildman–Crippen MR) is 82.6 cm³/mol. The first-order valence-electron chi connectivity index (χ1n) is 7.82. The van der Waals surface area contributed by atoms with Gasteiger partial charge in [-0.15, -0.1) is 0 Å². The van der Waals surface area contributed by atoms with Crippen molar-refractivity contribution in [2.75, 3.05) is 6.54 Å². The molecule has 1 saturated heterocycles. The summed E-state index contributed by atoms with van der Waals surface area (Å²) in [6.45, 7) is 2.45. The van der Waals surface area contributed by atoms with Crippen molar-refractivity contribution in [2.45, 2.75) is 56.4 Å². The van der Waals surface area contributed by atoms with E-state index in [1.165, 1.54) is 6.07 Å². The van der Waals surface area contributed by atoms with Crippen molar-refractivity contribution in [3.05, 3.63) is 28.8 Å². The number of sulfonamides is 1. The Kier molecular flexibility index (Phi) is 3.99. The summed E-state index contributed by atoms with van der Waals surface area (Å²) >= 11 is 0. The first-order valence-corrected chi connectivity index (χ1v) is 9.26. The summed E-state index contributed by atoms with van der Waals surface area (Å²) in [4.78, 5) is 11.5. The summed E-state index contributed by atoms with van der Waals surface area (Å²) < 4.78 is 27.7. The molecule has 1 aromatic carbocycles. The van der Waals surface area contributed by atoms with Crippen LogP contribution >= 0.6 is 0 Å². The van der Waals surface area contributed by atoms with Crippen molar-refractivity contribution in [3.8, 4) is 0 Å². The minimum atomic E-state index is -3.62. The SMILES string of the molecule is CC1CCCCN1S(=O)(=O)c1cc(C(=O)O)cc2c1CCC2. The molecule has 1 N–H and O–H groups in total. The minimum Gasteiger partial charge on any atom is -0.478 e. The lowest BCUT2D eigenvalue weighted by Crippen LogP contribution is -2.42. The van der Waals surface area contributed by atoms with Crippen molar-refractivity contribution in [2.24, 2.45) is 0 Å². The van der Waals surface area contributed by atoms with Crippen LogP contribution in [0.15, 0.2) is 17.0 Å². The number of piperidine rings is 1. The smallest absolute Gasteiger partial charge is 0.335 e. The second kappa shape index (κ2) is 5.66. The summed E-state index contributed by atoms with van der Waals surface area (Å²) in [5.41, 5.74) is 1.77. The van der Waals surface area contributed by atoms with Gasteiger partial charge in [0.2, 0.25) is 10.0 Å². The Labute approximate surface area is 131 Å². The highest BCUT2D eigenvalue weighted by Gasteiger charge is 2.34. The highest BCUT2D eigenvalue weighted by Crippen LogP contribution is 2.34. The Bertz CT molecular complexity index is 711. The van der Waals surface area contributed by atoms with Crippen LogP contribution in [0.25, 0.3) is 0 Å². The highest BCUT2D eigenvalue weighted by atomic mass is 32.2. The molecule has 6 heteroatoms. The van der Waals surface area contributed by atoms with Crippen LogP contribution in [-0.4, -0.2) is 36.4 Å². The molecule has 120 valence electrons. The molecule has 0 spiro atoms. The molecule has 1 aliphatic heterocycles. The molecule has 22 heavy (non-hydrogen) atoms. The molecular weight excluding hydrogens is 302 g/mol. The number of hydrogen-bond donors (Lipinski definition) is 1. The molecule has 0 saturated carbocycles. The van der Waals surface area contributed by atoms with E-state index in [-0.39, 0.29) is 16.5 Å². The zero-order chi connectivity index (χ0) is 15.9. The van der Waals surface area contributed by atoms with Gasteiger partial charge in [0.05, 0.1) is 10.5 Å². The lowest BCUT2D eigenvalue weighted by atomic mass is 10.1. The molecule has 1 fully saturated rings. The zero-order valence-corrected chi connectivity index (χ0v) is 13.5. The van der Waals surface area contributed by atoms with Gasteiger partial charge in [-0.3, -0.25) is 0 Å². The van der Waals surface area contributed by atoms with E-state index in [0.29, 0.717) is 13.0 Å². The molecule has 1 heterocycles. The molecule has 1 atom stereocenters.